The molecule has 3 heterocycles. The molecule has 0 saturated carbocycles. The largest absolute Gasteiger partial charge is 0.457 e. The zero-order valence-electron chi connectivity index (χ0n) is 29.8. The maximum atomic E-state index is 13.5. The van der Waals surface area contributed by atoms with Gasteiger partial charge in [0.2, 0.25) is 5.91 Å². The van der Waals surface area contributed by atoms with Gasteiger partial charge in [0.05, 0.1) is 27.5 Å². The number of anilines is 3. The molecule has 0 spiro atoms. The SMILES string of the molecule is CCCC(I)c1cc(NC(=O)Nc2ccc(Oc3ccnc(NC(=O)NCC(=O)NCCc4ccncc4)c3)c3ccccc23)n(-c2ccc(C)cc2)n1. The number of urea groups is 2. The minimum Gasteiger partial charge on any atom is -0.457 e. The second-order valence-corrected chi connectivity index (χ2v) is 13.9. The molecule has 13 nitrogen and oxygen atoms in total. The normalized spacial score (nSPS) is 11.4. The number of alkyl halides is 1. The van der Waals surface area contributed by atoms with Crippen molar-refractivity contribution in [2.45, 2.75) is 37.0 Å². The average molecular weight is 838 g/mol. The number of pyridine rings is 2. The van der Waals surface area contributed by atoms with Crippen LogP contribution in [0.3, 0.4) is 0 Å². The first-order chi connectivity index (χ1) is 26.2. The molecule has 1 unspecified atom stereocenters. The van der Waals surface area contributed by atoms with Crippen LogP contribution in [0.4, 0.5) is 26.9 Å². The molecule has 3 aromatic carbocycles. The van der Waals surface area contributed by atoms with E-state index in [1.165, 1.54) is 6.20 Å². The highest BCUT2D eigenvalue weighted by Gasteiger charge is 2.18. The Hall–Kier alpha value is -6.03. The molecule has 5 N–H and O–H groups in total. The Labute approximate surface area is 326 Å². The van der Waals surface area contributed by atoms with Crippen LogP contribution in [-0.4, -0.2) is 50.8 Å². The maximum absolute atomic E-state index is 13.5. The monoisotopic (exact) mass is 837 g/mol. The second-order valence-electron chi connectivity index (χ2n) is 12.4. The molecule has 3 aromatic heterocycles. The van der Waals surface area contributed by atoms with E-state index in [2.05, 4.69) is 66.1 Å². The standard InChI is InChI=1S/C40H40IN9O4/c1-3-6-32(41)34-24-37(50(49-34)28-11-9-26(2)10-12-28)48-40(53)46-33-13-14-35(31-8-5-4-7-30(31)33)54-29-18-22-43-36(23-29)47-39(52)45-25-38(51)44-21-17-27-15-19-42-20-16-27/h4-5,7-16,18-20,22-24,32H,3,6,17,21,25H2,1-2H3,(H,44,51)(H2,46,48,53)(H2,43,45,47,52). The third-order valence-corrected chi connectivity index (χ3v) is 9.60. The summed E-state index contributed by atoms with van der Waals surface area (Å²) in [6.07, 6.45) is 7.56. The summed E-state index contributed by atoms with van der Waals surface area (Å²) < 4.78 is 8.21. The number of amides is 5. The number of aryl methyl sites for hydroxylation is 1. The van der Waals surface area contributed by atoms with E-state index in [-0.39, 0.29) is 22.2 Å². The second kappa shape index (κ2) is 18.1. The number of carbonyl (C=O) groups is 3. The number of hydrogen-bond donors (Lipinski definition) is 5. The van der Waals surface area contributed by atoms with Crippen molar-refractivity contribution in [1.82, 2.24) is 30.4 Å². The van der Waals surface area contributed by atoms with Crippen LogP contribution in [0.2, 0.25) is 0 Å². The third-order valence-electron chi connectivity index (χ3n) is 8.34. The van der Waals surface area contributed by atoms with E-state index >= 15 is 0 Å². The first kappa shape index (κ1) is 37.7. The summed E-state index contributed by atoms with van der Waals surface area (Å²) in [5, 5.41) is 20.3. The summed E-state index contributed by atoms with van der Waals surface area (Å²) in [4.78, 5) is 46.4. The summed E-state index contributed by atoms with van der Waals surface area (Å²) in [5.74, 6) is 1.44. The van der Waals surface area contributed by atoms with Crippen molar-refractivity contribution in [2.24, 2.45) is 0 Å². The van der Waals surface area contributed by atoms with E-state index in [0.29, 0.717) is 36.0 Å². The lowest BCUT2D eigenvalue weighted by atomic mass is 10.1. The number of carbonyl (C=O) groups excluding carboxylic acids is 3. The van der Waals surface area contributed by atoms with Crippen molar-refractivity contribution in [2.75, 3.05) is 29.0 Å². The van der Waals surface area contributed by atoms with Gasteiger partial charge in [-0.25, -0.2) is 19.3 Å². The van der Waals surface area contributed by atoms with E-state index in [0.717, 1.165) is 46.1 Å². The number of nitrogens with zero attached hydrogens (tertiary/aromatic N) is 4. The quantitative estimate of drug-likeness (QED) is 0.0544. The molecule has 276 valence electrons. The molecule has 0 fully saturated rings. The molecule has 0 aliphatic carbocycles. The first-order valence-electron chi connectivity index (χ1n) is 17.5. The van der Waals surface area contributed by atoms with Gasteiger partial charge in [-0.1, -0.05) is 77.9 Å². The molecule has 54 heavy (non-hydrogen) atoms. The minimum absolute atomic E-state index is 0.196. The lowest BCUT2D eigenvalue weighted by Crippen LogP contribution is -2.39. The van der Waals surface area contributed by atoms with Crippen LogP contribution in [0.1, 0.15) is 40.5 Å². The predicted octanol–water partition coefficient (Wildman–Crippen LogP) is 8.32. The number of halogens is 1. The van der Waals surface area contributed by atoms with Crippen molar-refractivity contribution in [3.8, 4) is 17.2 Å². The van der Waals surface area contributed by atoms with Gasteiger partial charge >= 0.3 is 12.1 Å². The van der Waals surface area contributed by atoms with Crippen LogP contribution in [0, 0.1) is 6.92 Å². The number of nitrogens with one attached hydrogen (secondary N) is 5. The van der Waals surface area contributed by atoms with Crippen molar-refractivity contribution < 1.29 is 19.1 Å². The fourth-order valence-corrected chi connectivity index (χ4v) is 6.54. The predicted molar refractivity (Wildman–Crippen MR) is 219 cm³/mol. The van der Waals surface area contributed by atoms with Crippen LogP contribution in [0.5, 0.6) is 11.5 Å². The molecule has 1 atom stereocenters. The van der Waals surface area contributed by atoms with Crippen molar-refractivity contribution in [1.29, 1.82) is 0 Å². The van der Waals surface area contributed by atoms with E-state index in [4.69, 9.17) is 9.84 Å². The molecule has 0 aliphatic heterocycles. The van der Waals surface area contributed by atoms with Crippen molar-refractivity contribution >= 4 is 68.7 Å². The molecular weight excluding hydrogens is 797 g/mol. The summed E-state index contributed by atoms with van der Waals surface area (Å²) >= 11 is 2.40. The summed E-state index contributed by atoms with van der Waals surface area (Å²) in [7, 11) is 0. The van der Waals surface area contributed by atoms with Crippen LogP contribution in [0.25, 0.3) is 16.5 Å². The fourth-order valence-electron chi connectivity index (χ4n) is 5.61. The molecule has 14 heteroatoms. The Balaban J connectivity index is 1.09. The first-order valence-corrected chi connectivity index (χ1v) is 18.8. The molecule has 6 aromatic rings. The van der Waals surface area contributed by atoms with Gasteiger partial charge in [-0.2, -0.15) is 5.10 Å². The van der Waals surface area contributed by atoms with E-state index in [1.807, 2.05) is 73.7 Å². The molecule has 0 radical (unpaired) electrons. The van der Waals surface area contributed by atoms with Gasteiger partial charge < -0.3 is 20.7 Å². The minimum atomic E-state index is -0.587. The highest BCUT2D eigenvalue weighted by molar-refractivity contribution is 14.1. The van der Waals surface area contributed by atoms with Gasteiger partial charge in [-0.15, -0.1) is 0 Å². The van der Waals surface area contributed by atoms with Gasteiger partial charge in [0, 0.05) is 48.0 Å². The summed E-state index contributed by atoms with van der Waals surface area (Å²) in [5.41, 5.74) is 4.51. The molecule has 5 amide bonds. The number of aromatic nitrogens is 4. The molecule has 6 rings (SSSR count). The van der Waals surface area contributed by atoms with Crippen LogP contribution < -0.4 is 31.3 Å². The van der Waals surface area contributed by atoms with Gasteiger partial charge in [0.1, 0.15) is 23.1 Å². The zero-order valence-corrected chi connectivity index (χ0v) is 32.0. The fraction of sp³-hybridized carbons (Fsp3) is 0.200. The summed E-state index contributed by atoms with van der Waals surface area (Å²) in [6.45, 7) is 4.41. The van der Waals surface area contributed by atoms with Gasteiger partial charge in [0.25, 0.3) is 0 Å². The lowest BCUT2D eigenvalue weighted by Gasteiger charge is -2.15. The van der Waals surface area contributed by atoms with Crippen LogP contribution in [0.15, 0.2) is 110 Å². The van der Waals surface area contributed by atoms with Crippen molar-refractivity contribution in [3.05, 3.63) is 126 Å². The molecule has 0 aliphatic rings. The van der Waals surface area contributed by atoms with Gasteiger partial charge in [-0.3, -0.25) is 20.4 Å². The Bertz CT molecular complexity index is 2230. The highest BCUT2D eigenvalue weighted by atomic mass is 127. The van der Waals surface area contributed by atoms with Gasteiger partial charge in [0.15, 0.2) is 0 Å². The highest BCUT2D eigenvalue weighted by Crippen LogP contribution is 2.35. The summed E-state index contributed by atoms with van der Waals surface area (Å²) in [6, 6.07) is 27.0. The van der Waals surface area contributed by atoms with Crippen LogP contribution in [-0.2, 0) is 11.2 Å². The Morgan fingerprint density at radius 3 is 2.39 bits per heavy atom. The number of benzene rings is 3. The van der Waals surface area contributed by atoms with Gasteiger partial charge in [-0.05, 0) is 67.8 Å². The van der Waals surface area contributed by atoms with E-state index in [1.54, 1.807) is 41.3 Å². The number of ether oxygens (including phenoxy) is 1. The Morgan fingerprint density at radius 1 is 0.833 bits per heavy atom. The topological polar surface area (TPSA) is 164 Å². The number of fused-ring (bicyclic) bond motifs is 1. The van der Waals surface area contributed by atoms with E-state index in [9.17, 15) is 14.4 Å². The van der Waals surface area contributed by atoms with Crippen molar-refractivity contribution in [3.63, 3.8) is 0 Å². The third kappa shape index (κ3) is 10.1. The Kier molecular flexibility index (Phi) is 12.7. The molecule has 0 bridgehead atoms. The lowest BCUT2D eigenvalue weighted by molar-refractivity contribution is -0.120. The molecule has 0 saturated heterocycles. The zero-order chi connectivity index (χ0) is 37.9. The Morgan fingerprint density at radius 2 is 1.61 bits per heavy atom. The van der Waals surface area contributed by atoms with E-state index < -0.39 is 12.1 Å². The van der Waals surface area contributed by atoms with Crippen LogP contribution >= 0.6 is 22.6 Å². The number of hydrogen-bond acceptors (Lipinski definition) is 7. The average Bonchev–Trinajstić information content (AvgIpc) is 3.59. The molecular formula is C40H40IN9O4. The smallest absolute Gasteiger partial charge is 0.324 e. The number of rotatable bonds is 14. The maximum Gasteiger partial charge on any atom is 0.324 e.